The highest BCUT2D eigenvalue weighted by atomic mass is 35.5. The monoisotopic (exact) mass is 348 g/mol. The number of nitrogens with one attached hydrogen (secondary N) is 1. The van der Waals surface area contributed by atoms with Crippen LogP contribution in [0.5, 0.6) is 0 Å². The fraction of sp³-hybridized carbons (Fsp3) is 0.562. The van der Waals surface area contributed by atoms with Crippen LogP contribution in [-0.2, 0) is 16.1 Å². The Morgan fingerprint density at radius 3 is 2.65 bits per heavy atom. The van der Waals surface area contributed by atoms with Crippen molar-refractivity contribution in [3.05, 3.63) is 35.4 Å². The maximum atomic E-state index is 13.6. The zero-order chi connectivity index (χ0) is 16.5. The maximum Gasteiger partial charge on any atom is 0.241 e. The van der Waals surface area contributed by atoms with Crippen LogP contribution in [0.4, 0.5) is 8.78 Å². The van der Waals surface area contributed by atoms with Crippen molar-refractivity contribution in [3.8, 4) is 0 Å². The van der Waals surface area contributed by atoms with E-state index in [1.165, 1.54) is 0 Å². The molecule has 0 aromatic heterocycles. The fourth-order valence-electron chi connectivity index (χ4n) is 2.83. The van der Waals surface area contributed by atoms with E-state index in [0.717, 1.165) is 18.2 Å². The van der Waals surface area contributed by atoms with Gasteiger partial charge >= 0.3 is 0 Å². The molecule has 1 amide bonds. The molecule has 23 heavy (non-hydrogen) atoms. The Hall–Kier alpha value is -1.24. The van der Waals surface area contributed by atoms with Crippen molar-refractivity contribution in [1.29, 1.82) is 0 Å². The highest BCUT2D eigenvalue weighted by molar-refractivity contribution is 5.88. The summed E-state index contributed by atoms with van der Waals surface area (Å²) in [6.07, 6.45) is 0.324. The lowest BCUT2D eigenvalue weighted by molar-refractivity contribution is -0.170. The first-order valence-corrected chi connectivity index (χ1v) is 7.35. The summed E-state index contributed by atoms with van der Waals surface area (Å²) in [7, 11) is 0. The molecular formula is C16H23ClF2N2O2. The van der Waals surface area contributed by atoms with Gasteiger partial charge in [-0.15, -0.1) is 12.4 Å². The summed E-state index contributed by atoms with van der Waals surface area (Å²) in [5.41, 5.74) is 4.72. The summed E-state index contributed by atoms with van der Waals surface area (Å²) in [6.45, 7) is 6.09. The first-order chi connectivity index (χ1) is 10.2. The van der Waals surface area contributed by atoms with Crippen molar-refractivity contribution in [2.75, 3.05) is 6.61 Å². The number of carbonyl (C=O) groups excluding carboxylic acids is 1. The molecular weight excluding hydrogens is 326 g/mol. The van der Waals surface area contributed by atoms with Crippen LogP contribution in [0, 0.1) is 17.0 Å². The van der Waals surface area contributed by atoms with Gasteiger partial charge in [-0.05, 0) is 25.1 Å². The average Bonchev–Trinajstić information content (AvgIpc) is 2.47. The molecule has 130 valence electrons. The highest BCUT2D eigenvalue weighted by Crippen LogP contribution is 2.49. The van der Waals surface area contributed by atoms with Crippen LogP contribution in [0.25, 0.3) is 0 Å². The lowest BCUT2D eigenvalue weighted by atomic mass is 9.54. The summed E-state index contributed by atoms with van der Waals surface area (Å²) in [4.78, 5) is 12.4. The van der Waals surface area contributed by atoms with Gasteiger partial charge in [0.15, 0.2) is 0 Å². The van der Waals surface area contributed by atoms with E-state index in [1.54, 1.807) is 0 Å². The number of hydrogen-bond acceptors (Lipinski definition) is 3. The number of rotatable bonds is 5. The molecule has 1 fully saturated rings. The largest absolute Gasteiger partial charge is 0.378 e. The standard InChI is InChI=1S/C16H22F2N2O2.ClH/c1-4-22-13-8-16(19,15(13,2)3)14(21)20-9-10-7-11(17)5-6-12(10)18;/h5-7,13H,4,8-9,19H2,1-3H3,(H,20,21);1H. The quantitative estimate of drug-likeness (QED) is 0.859. The number of carbonyl (C=O) groups is 1. The van der Waals surface area contributed by atoms with Crippen molar-refractivity contribution in [3.63, 3.8) is 0 Å². The smallest absolute Gasteiger partial charge is 0.241 e. The van der Waals surface area contributed by atoms with Gasteiger partial charge in [0, 0.05) is 30.6 Å². The van der Waals surface area contributed by atoms with Gasteiger partial charge in [0.05, 0.1) is 6.10 Å². The topological polar surface area (TPSA) is 64.3 Å². The van der Waals surface area contributed by atoms with Crippen LogP contribution < -0.4 is 11.1 Å². The number of amides is 1. The molecule has 4 nitrogen and oxygen atoms in total. The van der Waals surface area contributed by atoms with Gasteiger partial charge in [0.2, 0.25) is 5.91 Å². The number of benzene rings is 1. The van der Waals surface area contributed by atoms with Crippen LogP contribution in [0.15, 0.2) is 18.2 Å². The molecule has 2 rings (SSSR count). The first kappa shape index (κ1) is 19.8. The third-order valence-electron chi connectivity index (χ3n) is 4.68. The van der Waals surface area contributed by atoms with E-state index in [1.807, 2.05) is 20.8 Å². The van der Waals surface area contributed by atoms with Crippen LogP contribution >= 0.6 is 12.4 Å². The van der Waals surface area contributed by atoms with Crippen molar-refractivity contribution < 1.29 is 18.3 Å². The first-order valence-electron chi connectivity index (χ1n) is 7.35. The normalized spacial score (nSPS) is 25.2. The molecule has 7 heteroatoms. The Morgan fingerprint density at radius 2 is 2.09 bits per heavy atom. The summed E-state index contributed by atoms with van der Waals surface area (Å²) < 4.78 is 32.2. The molecule has 0 radical (unpaired) electrons. The van der Waals surface area contributed by atoms with Crippen LogP contribution in [-0.4, -0.2) is 24.2 Å². The second kappa shape index (κ2) is 7.11. The average molecular weight is 349 g/mol. The zero-order valence-electron chi connectivity index (χ0n) is 13.5. The summed E-state index contributed by atoms with van der Waals surface area (Å²) >= 11 is 0. The van der Waals surface area contributed by atoms with Gasteiger partial charge in [-0.2, -0.15) is 0 Å². The molecule has 1 aliphatic rings. The molecule has 0 aliphatic heterocycles. The Labute approximate surface area is 141 Å². The van der Waals surface area contributed by atoms with E-state index in [-0.39, 0.29) is 36.5 Å². The van der Waals surface area contributed by atoms with Crippen LogP contribution in [0.1, 0.15) is 32.8 Å². The third kappa shape index (κ3) is 3.49. The second-order valence-electron chi connectivity index (χ2n) is 6.26. The van der Waals surface area contributed by atoms with E-state index >= 15 is 0 Å². The van der Waals surface area contributed by atoms with Gasteiger partial charge in [0.1, 0.15) is 17.2 Å². The Bertz CT molecular complexity index is 583. The SMILES string of the molecule is CCOC1CC(N)(C(=O)NCc2cc(F)ccc2F)C1(C)C.Cl. The number of ether oxygens (including phenoxy) is 1. The Balaban J connectivity index is 0.00000264. The minimum absolute atomic E-state index is 0. The van der Waals surface area contributed by atoms with Gasteiger partial charge in [-0.1, -0.05) is 13.8 Å². The molecule has 2 unspecified atom stereocenters. The molecule has 3 N–H and O–H groups in total. The predicted octanol–water partition coefficient (Wildman–Crippen LogP) is 2.54. The number of nitrogens with two attached hydrogens (primary N) is 1. The van der Waals surface area contributed by atoms with Crippen LogP contribution in [0.2, 0.25) is 0 Å². The Kier molecular flexibility index (Phi) is 6.12. The van der Waals surface area contributed by atoms with Gasteiger partial charge in [-0.25, -0.2) is 8.78 Å². The van der Waals surface area contributed by atoms with E-state index in [4.69, 9.17) is 10.5 Å². The van der Waals surface area contributed by atoms with E-state index in [9.17, 15) is 13.6 Å². The third-order valence-corrected chi connectivity index (χ3v) is 4.68. The summed E-state index contributed by atoms with van der Waals surface area (Å²) in [5, 5.41) is 2.60. The number of hydrogen-bond donors (Lipinski definition) is 2. The van der Waals surface area contributed by atoms with E-state index in [2.05, 4.69) is 5.32 Å². The molecule has 1 aromatic rings. The summed E-state index contributed by atoms with van der Waals surface area (Å²) in [6, 6.07) is 3.13. The van der Waals surface area contributed by atoms with E-state index < -0.39 is 22.6 Å². The molecule has 0 spiro atoms. The maximum absolute atomic E-state index is 13.6. The minimum atomic E-state index is -1.07. The van der Waals surface area contributed by atoms with Gasteiger partial charge < -0.3 is 15.8 Å². The second-order valence-corrected chi connectivity index (χ2v) is 6.26. The minimum Gasteiger partial charge on any atom is -0.378 e. The van der Waals surface area contributed by atoms with Crippen LogP contribution in [0.3, 0.4) is 0 Å². The molecule has 1 saturated carbocycles. The number of halogens is 3. The fourth-order valence-corrected chi connectivity index (χ4v) is 2.83. The molecule has 0 heterocycles. The zero-order valence-corrected chi connectivity index (χ0v) is 14.3. The van der Waals surface area contributed by atoms with Crippen molar-refractivity contribution in [2.24, 2.45) is 11.1 Å². The molecule has 0 saturated heterocycles. The highest BCUT2D eigenvalue weighted by Gasteiger charge is 2.62. The van der Waals surface area contributed by atoms with Crippen molar-refractivity contribution >= 4 is 18.3 Å². The lowest BCUT2D eigenvalue weighted by Crippen LogP contribution is -2.75. The molecule has 2 atom stereocenters. The van der Waals surface area contributed by atoms with Gasteiger partial charge in [-0.3, -0.25) is 4.79 Å². The molecule has 1 aliphatic carbocycles. The molecule has 1 aromatic carbocycles. The molecule has 0 bridgehead atoms. The van der Waals surface area contributed by atoms with E-state index in [0.29, 0.717) is 13.0 Å². The van der Waals surface area contributed by atoms with Crippen molar-refractivity contribution in [1.82, 2.24) is 5.32 Å². The van der Waals surface area contributed by atoms with Gasteiger partial charge in [0.25, 0.3) is 0 Å². The Morgan fingerprint density at radius 1 is 1.43 bits per heavy atom. The van der Waals surface area contributed by atoms with Crippen molar-refractivity contribution in [2.45, 2.75) is 45.4 Å². The lowest BCUT2D eigenvalue weighted by Gasteiger charge is -2.57. The predicted molar refractivity (Wildman–Crippen MR) is 86.2 cm³/mol. The summed E-state index contributed by atoms with van der Waals surface area (Å²) in [5.74, 6) is -1.49.